The number of thiazole rings is 1. The molecule has 1 saturated heterocycles. The number of nitrogens with zero attached hydrogens (tertiary/aromatic N) is 3. The van der Waals surface area contributed by atoms with Crippen molar-refractivity contribution in [3.63, 3.8) is 0 Å². The summed E-state index contributed by atoms with van der Waals surface area (Å²) in [5.41, 5.74) is 3.07. The average Bonchev–Trinajstić information content (AvgIpc) is 3.12. The van der Waals surface area contributed by atoms with Gasteiger partial charge in [0.15, 0.2) is 5.78 Å². The van der Waals surface area contributed by atoms with Gasteiger partial charge in [0.2, 0.25) is 0 Å². The maximum atomic E-state index is 11.4. The zero-order valence-electron chi connectivity index (χ0n) is 15.2. The van der Waals surface area contributed by atoms with Gasteiger partial charge < -0.3 is 4.90 Å². The van der Waals surface area contributed by atoms with E-state index >= 15 is 0 Å². The first-order valence-electron chi connectivity index (χ1n) is 9.07. The number of carbonyl (C=O) groups is 1. The lowest BCUT2D eigenvalue weighted by Gasteiger charge is -2.38. The molecule has 0 saturated carbocycles. The standard InChI is InChI=1S/C21H23N3OS/c1-15(21-22-19-5-3-4-6-20(19)26-21)23-11-13-24(14-12-23)18-9-7-17(8-10-18)16(2)25/h3-10,15H,11-14H2,1-2H3/t15-/m1/s1. The fourth-order valence-corrected chi connectivity index (χ4v) is 4.55. The fourth-order valence-electron chi connectivity index (χ4n) is 3.50. The van der Waals surface area contributed by atoms with Gasteiger partial charge in [0, 0.05) is 37.4 Å². The van der Waals surface area contributed by atoms with E-state index in [0.717, 1.165) is 37.3 Å². The molecule has 2 aromatic carbocycles. The minimum atomic E-state index is 0.117. The van der Waals surface area contributed by atoms with Gasteiger partial charge in [0.25, 0.3) is 0 Å². The van der Waals surface area contributed by atoms with E-state index in [2.05, 4.69) is 47.1 Å². The van der Waals surface area contributed by atoms with Crippen molar-refractivity contribution in [3.05, 3.63) is 59.1 Å². The number of fused-ring (bicyclic) bond motifs is 1. The molecule has 0 bridgehead atoms. The molecule has 1 aliphatic rings. The second kappa shape index (κ2) is 7.17. The normalized spacial score (nSPS) is 16.8. The molecule has 0 aliphatic carbocycles. The Labute approximate surface area is 158 Å². The van der Waals surface area contributed by atoms with Crippen molar-refractivity contribution >= 4 is 33.0 Å². The van der Waals surface area contributed by atoms with Crippen LogP contribution in [-0.2, 0) is 0 Å². The highest BCUT2D eigenvalue weighted by molar-refractivity contribution is 7.18. The van der Waals surface area contributed by atoms with Crippen LogP contribution in [0.4, 0.5) is 5.69 Å². The summed E-state index contributed by atoms with van der Waals surface area (Å²) in [5.74, 6) is 0.117. The molecule has 1 aromatic heterocycles. The molecule has 4 nitrogen and oxygen atoms in total. The number of para-hydroxylation sites is 1. The van der Waals surface area contributed by atoms with Crippen molar-refractivity contribution in [2.24, 2.45) is 0 Å². The maximum Gasteiger partial charge on any atom is 0.159 e. The van der Waals surface area contributed by atoms with Gasteiger partial charge in [-0.25, -0.2) is 4.98 Å². The van der Waals surface area contributed by atoms with E-state index in [4.69, 9.17) is 4.98 Å². The molecule has 0 amide bonds. The molecule has 4 rings (SSSR count). The van der Waals surface area contributed by atoms with Crippen LogP contribution in [-0.4, -0.2) is 41.8 Å². The lowest BCUT2D eigenvalue weighted by atomic mass is 10.1. The molecule has 1 fully saturated rings. The van der Waals surface area contributed by atoms with E-state index < -0.39 is 0 Å². The number of carbonyl (C=O) groups excluding carboxylic acids is 1. The third-order valence-electron chi connectivity index (χ3n) is 5.17. The summed E-state index contributed by atoms with van der Waals surface area (Å²) in [7, 11) is 0. The first-order valence-corrected chi connectivity index (χ1v) is 9.89. The number of rotatable bonds is 4. The first-order chi connectivity index (χ1) is 12.6. The van der Waals surface area contributed by atoms with Crippen molar-refractivity contribution in [1.29, 1.82) is 0 Å². The largest absolute Gasteiger partial charge is 0.369 e. The molecule has 134 valence electrons. The van der Waals surface area contributed by atoms with Crippen molar-refractivity contribution in [3.8, 4) is 0 Å². The zero-order valence-corrected chi connectivity index (χ0v) is 16.0. The van der Waals surface area contributed by atoms with Gasteiger partial charge in [-0.2, -0.15) is 0 Å². The monoisotopic (exact) mass is 365 g/mol. The topological polar surface area (TPSA) is 36.4 Å². The Kier molecular flexibility index (Phi) is 4.74. The van der Waals surface area contributed by atoms with Crippen LogP contribution in [0, 0.1) is 0 Å². The summed E-state index contributed by atoms with van der Waals surface area (Å²) in [6.07, 6.45) is 0. The molecule has 5 heteroatoms. The lowest BCUT2D eigenvalue weighted by molar-refractivity contribution is 0.101. The van der Waals surface area contributed by atoms with E-state index in [-0.39, 0.29) is 5.78 Å². The Balaban J connectivity index is 1.41. The SMILES string of the molecule is CC(=O)c1ccc(N2CCN([C@H](C)c3nc4ccccc4s3)CC2)cc1. The molecule has 26 heavy (non-hydrogen) atoms. The molecular formula is C21H23N3OS. The molecule has 2 heterocycles. The highest BCUT2D eigenvalue weighted by Gasteiger charge is 2.24. The van der Waals surface area contributed by atoms with Crippen LogP contribution >= 0.6 is 11.3 Å². The summed E-state index contributed by atoms with van der Waals surface area (Å²) in [6.45, 7) is 7.90. The van der Waals surface area contributed by atoms with Crippen molar-refractivity contribution in [2.75, 3.05) is 31.1 Å². The molecule has 1 atom stereocenters. The second-order valence-corrected chi connectivity index (χ2v) is 7.88. The van der Waals surface area contributed by atoms with E-state index in [0.29, 0.717) is 6.04 Å². The summed E-state index contributed by atoms with van der Waals surface area (Å²) < 4.78 is 1.26. The number of aromatic nitrogens is 1. The summed E-state index contributed by atoms with van der Waals surface area (Å²) in [6, 6.07) is 16.7. The lowest BCUT2D eigenvalue weighted by Crippen LogP contribution is -2.47. The van der Waals surface area contributed by atoms with Gasteiger partial charge in [-0.15, -0.1) is 11.3 Å². The van der Waals surface area contributed by atoms with Crippen LogP contribution in [0.3, 0.4) is 0 Å². The predicted molar refractivity (Wildman–Crippen MR) is 108 cm³/mol. The predicted octanol–water partition coefficient (Wildman–Crippen LogP) is 4.38. The first kappa shape index (κ1) is 17.2. The van der Waals surface area contributed by atoms with E-state index in [1.807, 2.05) is 18.2 Å². The highest BCUT2D eigenvalue weighted by atomic mass is 32.1. The smallest absolute Gasteiger partial charge is 0.159 e. The van der Waals surface area contributed by atoms with E-state index in [1.54, 1.807) is 18.3 Å². The number of anilines is 1. The van der Waals surface area contributed by atoms with Crippen LogP contribution in [0.1, 0.15) is 35.3 Å². The van der Waals surface area contributed by atoms with Gasteiger partial charge in [-0.3, -0.25) is 9.69 Å². The summed E-state index contributed by atoms with van der Waals surface area (Å²) in [5, 5.41) is 1.20. The Morgan fingerprint density at radius 2 is 1.73 bits per heavy atom. The molecular weight excluding hydrogens is 342 g/mol. The molecule has 0 N–H and O–H groups in total. The van der Waals surface area contributed by atoms with Gasteiger partial charge in [-0.05, 0) is 50.2 Å². The molecule has 0 spiro atoms. The minimum Gasteiger partial charge on any atom is -0.369 e. The average molecular weight is 366 g/mol. The van der Waals surface area contributed by atoms with Crippen molar-refractivity contribution in [1.82, 2.24) is 9.88 Å². The Hall–Kier alpha value is -2.24. The van der Waals surface area contributed by atoms with Crippen LogP contribution in [0.15, 0.2) is 48.5 Å². The third-order valence-corrected chi connectivity index (χ3v) is 6.38. The summed E-state index contributed by atoms with van der Waals surface area (Å²) >= 11 is 1.80. The van der Waals surface area contributed by atoms with E-state index in [9.17, 15) is 4.79 Å². The van der Waals surface area contributed by atoms with Crippen LogP contribution < -0.4 is 4.90 Å². The van der Waals surface area contributed by atoms with Crippen LogP contribution in [0.2, 0.25) is 0 Å². The second-order valence-electron chi connectivity index (χ2n) is 6.82. The Morgan fingerprint density at radius 1 is 1.04 bits per heavy atom. The quantitative estimate of drug-likeness (QED) is 0.643. The van der Waals surface area contributed by atoms with Crippen molar-refractivity contribution < 1.29 is 4.79 Å². The fraction of sp³-hybridized carbons (Fsp3) is 0.333. The van der Waals surface area contributed by atoms with Gasteiger partial charge in [0.1, 0.15) is 5.01 Å². The molecule has 1 aliphatic heterocycles. The number of Topliss-reactive ketones (excluding diaryl/α,β-unsaturated/α-hetero) is 1. The number of hydrogen-bond acceptors (Lipinski definition) is 5. The van der Waals surface area contributed by atoms with Gasteiger partial charge in [0.05, 0.1) is 16.3 Å². The highest BCUT2D eigenvalue weighted by Crippen LogP contribution is 2.30. The third kappa shape index (κ3) is 3.37. The Morgan fingerprint density at radius 3 is 2.38 bits per heavy atom. The molecule has 3 aromatic rings. The number of hydrogen-bond donors (Lipinski definition) is 0. The maximum absolute atomic E-state index is 11.4. The molecule has 0 radical (unpaired) electrons. The number of benzene rings is 2. The van der Waals surface area contributed by atoms with Gasteiger partial charge >= 0.3 is 0 Å². The number of piperazine rings is 1. The zero-order chi connectivity index (χ0) is 18.1. The van der Waals surface area contributed by atoms with Crippen LogP contribution in [0.25, 0.3) is 10.2 Å². The number of ketones is 1. The molecule has 0 unspecified atom stereocenters. The van der Waals surface area contributed by atoms with Crippen molar-refractivity contribution in [2.45, 2.75) is 19.9 Å². The van der Waals surface area contributed by atoms with Gasteiger partial charge in [-0.1, -0.05) is 12.1 Å². The van der Waals surface area contributed by atoms with E-state index in [1.165, 1.54) is 15.4 Å². The van der Waals surface area contributed by atoms with Crippen LogP contribution in [0.5, 0.6) is 0 Å². The summed E-state index contributed by atoms with van der Waals surface area (Å²) in [4.78, 5) is 21.2. The Bertz CT molecular complexity index is 877. The minimum absolute atomic E-state index is 0.117.